The summed E-state index contributed by atoms with van der Waals surface area (Å²) in [6.07, 6.45) is -2.16. The van der Waals surface area contributed by atoms with Gasteiger partial charge in [0.2, 0.25) is 0 Å². The van der Waals surface area contributed by atoms with Gasteiger partial charge in [-0.1, -0.05) is 6.07 Å². The summed E-state index contributed by atoms with van der Waals surface area (Å²) in [7, 11) is 0. The van der Waals surface area contributed by atoms with Crippen LogP contribution in [0.1, 0.15) is 12.0 Å². The van der Waals surface area contributed by atoms with Crippen molar-refractivity contribution < 1.29 is 27.8 Å². The van der Waals surface area contributed by atoms with E-state index in [1.165, 1.54) is 12.1 Å². The zero-order valence-electron chi connectivity index (χ0n) is 15.9. The highest BCUT2D eigenvalue weighted by Crippen LogP contribution is 2.37. The molecule has 2 heterocycles. The van der Waals surface area contributed by atoms with Gasteiger partial charge in [-0.15, -0.1) is 24.5 Å². The highest BCUT2D eigenvalue weighted by atomic mass is 32.2. The average Bonchev–Trinajstić information content (AvgIpc) is 3.33. The maximum atomic E-state index is 12.3. The minimum atomic E-state index is -4.70. The van der Waals surface area contributed by atoms with E-state index in [-0.39, 0.29) is 12.2 Å². The number of halogens is 3. The molecule has 4 rings (SSSR count). The van der Waals surface area contributed by atoms with Crippen LogP contribution in [0, 0.1) is 0 Å². The molecule has 0 amide bonds. The molecule has 0 atom stereocenters. The highest BCUT2D eigenvalue weighted by molar-refractivity contribution is 7.99. The quantitative estimate of drug-likeness (QED) is 0.326. The molecule has 0 unspecified atom stereocenters. The number of benzene rings is 2. The Morgan fingerprint density at radius 2 is 1.84 bits per heavy atom. The Kier molecular flexibility index (Phi) is 5.97. The number of hydrogen-bond acceptors (Lipinski definition) is 4. The van der Waals surface area contributed by atoms with E-state index in [0.29, 0.717) is 6.42 Å². The van der Waals surface area contributed by atoms with E-state index in [2.05, 4.69) is 4.74 Å². The SMILES string of the molecule is O=C(O)CCc1ccc2c(ccn2Sc2ccc(-c3ccc(OC(F)(F)F)cc3)s2)c1. The fraction of sp³-hybridized carbons (Fsp3) is 0.136. The normalized spacial score (nSPS) is 11.7. The Hall–Kier alpha value is -2.91. The van der Waals surface area contributed by atoms with Crippen LogP contribution < -0.4 is 4.74 Å². The molecule has 0 bridgehead atoms. The Labute approximate surface area is 184 Å². The number of carboxylic acids is 1. The third-order valence-electron chi connectivity index (χ3n) is 4.49. The molecule has 160 valence electrons. The van der Waals surface area contributed by atoms with E-state index < -0.39 is 12.3 Å². The minimum Gasteiger partial charge on any atom is -0.481 e. The number of nitrogens with zero attached hydrogens (tertiary/aromatic N) is 1. The van der Waals surface area contributed by atoms with Crippen molar-refractivity contribution >= 4 is 40.2 Å². The van der Waals surface area contributed by atoms with Crippen molar-refractivity contribution in [2.24, 2.45) is 0 Å². The molecule has 4 nitrogen and oxygen atoms in total. The number of thiophene rings is 1. The third kappa shape index (κ3) is 5.42. The van der Waals surface area contributed by atoms with Gasteiger partial charge >= 0.3 is 12.3 Å². The number of ether oxygens (including phenoxy) is 1. The number of aromatic nitrogens is 1. The first-order valence-corrected chi connectivity index (χ1v) is 10.8. The molecule has 0 radical (unpaired) electrons. The average molecular weight is 464 g/mol. The van der Waals surface area contributed by atoms with Crippen LogP contribution in [0.25, 0.3) is 21.3 Å². The summed E-state index contributed by atoms with van der Waals surface area (Å²) in [4.78, 5) is 11.7. The van der Waals surface area contributed by atoms with Crippen LogP contribution in [0.3, 0.4) is 0 Å². The van der Waals surface area contributed by atoms with Crippen molar-refractivity contribution in [1.29, 1.82) is 0 Å². The molecule has 0 saturated carbocycles. The van der Waals surface area contributed by atoms with Crippen LogP contribution in [-0.2, 0) is 11.2 Å². The van der Waals surface area contributed by atoms with Gasteiger partial charge in [0.25, 0.3) is 0 Å². The first-order chi connectivity index (χ1) is 14.8. The number of rotatable bonds is 7. The number of fused-ring (bicyclic) bond motifs is 1. The topological polar surface area (TPSA) is 51.5 Å². The first-order valence-electron chi connectivity index (χ1n) is 9.23. The minimum absolute atomic E-state index is 0.0995. The summed E-state index contributed by atoms with van der Waals surface area (Å²) in [6, 6.07) is 17.6. The molecular weight excluding hydrogens is 447 g/mol. The number of aryl methyl sites for hydroxylation is 1. The van der Waals surface area contributed by atoms with Gasteiger partial charge in [-0.3, -0.25) is 8.77 Å². The molecule has 0 aliphatic rings. The van der Waals surface area contributed by atoms with Gasteiger partial charge in [-0.05, 0) is 72.1 Å². The van der Waals surface area contributed by atoms with Gasteiger partial charge in [0.1, 0.15) is 5.75 Å². The van der Waals surface area contributed by atoms with E-state index in [9.17, 15) is 18.0 Å². The molecule has 31 heavy (non-hydrogen) atoms. The van der Waals surface area contributed by atoms with E-state index >= 15 is 0 Å². The molecule has 1 N–H and O–H groups in total. The van der Waals surface area contributed by atoms with Gasteiger partial charge in [-0.2, -0.15) is 0 Å². The van der Waals surface area contributed by atoms with Gasteiger partial charge in [-0.25, -0.2) is 0 Å². The fourth-order valence-corrected chi connectivity index (χ4v) is 5.21. The molecule has 0 aliphatic heterocycles. The van der Waals surface area contributed by atoms with Crippen molar-refractivity contribution in [3.05, 3.63) is 72.4 Å². The highest BCUT2D eigenvalue weighted by Gasteiger charge is 2.31. The molecule has 0 fully saturated rings. The predicted octanol–water partition coefficient (Wildman–Crippen LogP) is 6.84. The second-order valence-corrected chi connectivity index (χ2v) is 9.07. The largest absolute Gasteiger partial charge is 0.573 e. The maximum Gasteiger partial charge on any atom is 0.573 e. The summed E-state index contributed by atoms with van der Waals surface area (Å²) in [5.74, 6) is -1.06. The van der Waals surface area contributed by atoms with Crippen LogP contribution in [0.2, 0.25) is 0 Å². The summed E-state index contributed by atoms with van der Waals surface area (Å²) in [5, 5.41) is 9.88. The van der Waals surface area contributed by atoms with Gasteiger partial charge in [0.15, 0.2) is 0 Å². The molecule has 4 aromatic rings. The van der Waals surface area contributed by atoms with Crippen molar-refractivity contribution in [3.8, 4) is 16.2 Å². The number of hydrogen-bond donors (Lipinski definition) is 1. The molecule has 0 spiro atoms. The van der Waals surface area contributed by atoms with Crippen molar-refractivity contribution in [2.45, 2.75) is 23.4 Å². The number of aliphatic carboxylic acids is 1. The molecule has 2 aromatic heterocycles. The van der Waals surface area contributed by atoms with Crippen LogP contribution in [-0.4, -0.2) is 21.4 Å². The lowest BCUT2D eigenvalue weighted by Gasteiger charge is -2.08. The smallest absolute Gasteiger partial charge is 0.481 e. The van der Waals surface area contributed by atoms with Crippen molar-refractivity contribution in [3.63, 3.8) is 0 Å². The molecular formula is C22H16F3NO3S2. The molecule has 0 aliphatic carbocycles. The molecule has 0 saturated heterocycles. The van der Waals surface area contributed by atoms with E-state index in [1.807, 2.05) is 46.6 Å². The summed E-state index contributed by atoms with van der Waals surface area (Å²) < 4.78 is 43.9. The molecule has 9 heteroatoms. The van der Waals surface area contributed by atoms with Gasteiger partial charge in [0, 0.05) is 34.8 Å². The summed E-state index contributed by atoms with van der Waals surface area (Å²) in [5.41, 5.74) is 2.81. The van der Waals surface area contributed by atoms with Crippen LogP contribution in [0.5, 0.6) is 5.75 Å². The van der Waals surface area contributed by atoms with E-state index in [4.69, 9.17) is 5.11 Å². The van der Waals surface area contributed by atoms with Gasteiger partial charge in [0.05, 0.1) is 9.73 Å². The van der Waals surface area contributed by atoms with Crippen molar-refractivity contribution in [2.75, 3.05) is 0 Å². The van der Waals surface area contributed by atoms with Crippen LogP contribution in [0.4, 0.5) is 13.2 Å². The lowest BCUT2D eigenvalue weighted by Crippen LogP contribution is -2.16. The van der Waals surface area contributed by atoms with E-state index in [0.717, 1.165) is 31.1 Å². The Morgan fingerprint density at radius 1 is 1.06 bits per heavy atom. The van der Waals surface area contributed by atoms with Gasteiger partial charge < -0.3 is 9.84 Å². The van der Waals surface area contributed by atoms with Crippen molar-refractivity contribution in [1.82, 2.24) is 3.97 Å². The summed E-state index contributed by atoms with van der Waals surface area (Å²) in [6.45, 7) is 0. The zero-order chi connectivity index (χ0) is 22.0. The lowest BCUT2D eigenvalue weighted by atomic mass is 10.1. The number of carboxylic acid groups (broad SMARTS) is 1. The Morgan fingerprint density at radius 3 is 2.55 bits per heavy atom. The Bertz CT molecular complexity index is 1210. The second kappa shape index (κ2) is 8.68. The monoisotopic (exact) mass is 463 g/mol. The number of carbonyl (C=O) groups is 1. The zero-order valence-corrected chi connectivity index (χ0v) is 17.6. The van der Waals surface area contributed by atoms with E-state index in [1.54, 1.807) is 35.4 Å². The summed E-state index contributed by atoms with van der Waals surface area (Å²) >= 11 is 3.08. The first kappa shape index (κ1) is 21.3. The Balaban J connectivity index is 1.47. The van der Waals surface area contributed by atoms with Crippen LogP contribution >= 0.6 is 23.3 Å². The molecule has 2 aromatic carbocycles. The predicted molar refractivity (Wildman–Crippen MR) is 116 cm³/mol. The second-order valence-electron chi connectivity index (χ2n) is 6.71. The fourth-order valence-electron chi connectivity index (χ4n) is 3.10. The standard InChI is InChI=1S/C22H16F3NO3S2/c23-22(24,25)29-17-5-3-15(4-6-17)19-8-10-21(30-19)31-26-12-11-16-13-14(1-7-18(16)26)2-9-20(27)28/h1,3-8,10-13H,2,9H2,(H,27,28). The van der Waals surface area contributed by atoms with Crippen LogP contribution in [0.15, 0.2) is 71.1 Å². The number of alkyl halides is 3. The lowest BCUT2D eigenvalue weighted by molar-refractivity contribution is -0.274. The maximum absolute atomic E-state index is 12.3. The third-order valence-corrected chi connectivity index (χ3v) is 6.72.